The minimum absolute atomic E-state index is 0.0796. The maximum atomic E-state index is 11.0. The molecule has 4 nitrogen and oxygen atoms in total. The fraction of sp³-hybridized carbons (Fsp3) is 0.364. The molecule has 1 atom stereocenters. The van der Waals surface area contributed by atoms with Crippen molar-refractivity contribution in [3.05, 3.63) is 28.2 Å². The molecule has 1 unspecified atom stereocenters. The van der Waals surface area contributed by atoms with Gasteiger partial charge in [0, 0.05) is 31.1 Å². The predicted octanol–water partition coefficient (Wildman–Crippen LogP) is 1.13. The number of halogens is 1. The molecule has 1 heterocycles. The van der Waals surface area contributed by atoms with Crippen molar-refractivity contribution in [3.8, 4) is 5.75 Å². The summed E-state index contributed by atoms with van der Waals surface area (Å²) in [5, 5.41) is 15.7. The smallest absolute Gasteiger partial charge is 0.221 e. The molecular weight excluding hydrogens is 272 g/mol. The lowest BCUT2D eigenvalue weighted by Gasteiger charge is -2.11. The molecule has 1 aromatic rings. The summed E-state index contributed by atoms with van der Waals surface area (Å²) in [6, 6.07) is 5.68. The van der Waals surface area contributed by atoms with E-state index in [9.17, 15) is 9.90 Å². The van der Waals surface area contributed by atoms with Crippen LogP contribution in [0.15, 0.2) is 22.7 Å². The largest absolute Gasteiger partial charge is 0.506 e. The van der Waals surface area contributed by atoms with Crippen LogP contribution in [0, 0.1) is 0 Å². The Morgan fingerprint density at radius 1 is 1.56 bits per heavy atom. The van der Waals surface area contributed by atoms with Crippen molar-refractivity contribution >= 4 is 21.8 Å². The Kier molecular flexibility index (Phi) is 3.46. The number of rotatable bonds is 3. The van der Waals surface area contributed by atoms with Crippen LogP contribution in [-0.4, -0.2) is 23.6 Å². The van der Waals surface area contributed by atoms with Crippen LogP contribution in [0.5, 0.6) is 5.75 Å². The summed E-state index contributed by atoms with van der Waals surface area (Å²) in [6.07, 6.45) is 0.509. The second-order valence-electron chi connectivity index (χ2n) is 3.83. The van der Waals surface area contributed by atoms with Crippen LogP contribution in [0.1, 0.15) is 12.0 Å². The van der Waals surface area contributed by atoms with Crippen LogP contribution in [0.3, 0.4) is 0 Å². The summed E-state index contributed by atoms with van der Waals surface area (Å²) < 4.78 is 0.687. The summed E-state index contributed by atoms with van der Waals surface area (Å²) >= 11 is 3.26. The number of nitrogens with one attached hydrogen (secondary N) is 2. The fourth-order valence-corrected chi connectivity index (χ4v) is 2.11. The monoisotopic (exact) mass is 284 g/mol. The number of aromatic hydroxyl groups is 1. The van der Waals surface area contributed by atoms with Crippen molar-refractivity contribution < 1.29 is 9.90 Å². The zero-order valence-corrected chi connectivity index (χ0v) is 10.3. The number of para-hydroxylation sites is 1. The van der Waals surface area contributed by atoms with E-state index in [0.717, 1.165) is 5.56 Å². The first kappa shape index (κ1) is 11.4. The maximum Gasteiger partial charge on any atom is 0.221 e. The average Bonchev–Trinajstić information content (AvgIpc) is 2.67. The molecule has 0 spiro atoms. The molecule has 16 heavy (non-hydrogen) atoms. The summed E-state index contributed by atoms with van der Waals surface area (Å²) in [5.41, 5.74) is 0.828. The fourth-order valence-electron chi connectivity index (χ4n) is 1.71. The average molecular weight is 285 g/mol. The van der Waals surface area contributed by atoms with Gasteiger partial charge in [0.15, 0.2) is 0 Å². The number of carbonyl (C=O) groups is 1. The highest BCUT2D eigenvalue weighted by Crippen LogP contribution is 2.27. The molecule has 86 valence electrons. The minimum atomic E-state index is 0.0796. The van der Waals surface area contributed by atoms with Crippen LogP contribution in [0.4, 0.5) is 0 Å². The van der Waals surface area contributed by atoms with Gasteiger partial charge in [0.2, 0.25) is 5.91 Å². The number of phenolic OH excluding ortho intramolecular Hbond substituents is 1. The van der Waals surface area contributed by atoms with E-state index < -0.39 is 0 Å². The topological polar surface area (TPSA) is 61.4 Å². The number of amides is 1. The van der Waals surface area contributed by atoms with Crippen molar-refractivity contribution in [2.24, 2.45) is 0 Å². The van der Waals surface area contributed by atoms with Gasteiger partial charge in [-0.05, 0) is 22.0 Å². The van der Waals surface area contributed by atoms with Crippen molar-refractivity contribution in [3.63, 3.8) is 0 Å². The molecule has 2 rings (SSSR count). The van der Waals surface area contributed by atoms with Crippen molar-refractivity contribution in [1.29, 1.82) is 0 Å². The lowest BCUT2D eigenvalue weighted by atomic mass is 10.2. The third-order valence-corrected chi connectivity index (χ3v) is 3.27. The first-order valence-electron chi connectivity index (χ1n) is 5.13. The van der Waals surface area contributed by atoms with Gasteiger partial charge >= 0.3 is 0 Å². The Morgan fingerprint density at radius 3 is 3.06 bits per heavy atom. The molecule has 0 saturated carbocycles. The van der Waals surface area contributed by atoms with Gasteiger partial charge < -0.3 is 15.7 Å². The molecule has 0 aliphatic carbocycles. The minimum Gasteiger partial charge on any atom is -0.506 e. The van der Waals surface area contributed by atoms with Crippen LogP contribution in [-0.2, 0) is 11.3 Å². The molecule has 1 aliphatic rings. The van der Waals surface area contributed by atoms with Gasteiger partial charge in [-0.2, -0.15) is 0 Å². The van der Waals surface area contributed by atoms with Gasteiger partial charge in [-0.15, -0.1) is 0 Å². The van der Waals surface area contributed by atoms with E-state index >= 15 is 0 Å². The Morgan fingerprint density at radius 2 is 2.38 bits per heavy atom. The SMILES string of the molecule is O=C1CC(NCc2cccc(Br)c2O)CN1. The van der Waals surface area contributed by atoms with E-state index in [4.69, 9.17) is 0 Å². The Hall–Kier alpha value is -1.07. The van der Waals surface area contributed by atoms with Gasteiger partial charge in [0.05, 0.1) is 4.47 Å². The van der Waals surface area contributed by atoms with Crippen LogP contribution in [0.25, 0.3) is 0 Å². The van der Waals surface area contributed by atoms with Crippen molar-refractivity contribution in [2.45, 2.75) is 19.0 Å². The Balaban J connectivity index is 1.94. The second kappa shape index (κ2) is 4.84. The molecule has 0 radical (unpaired) electrons. The van der Waals surface area contributed by atoms with Gasteiger partial charge in [0.25, 0.3) is 0 Å². The van der Waals surface area contributed by atoms with Crippen molar-refractivity contribution in [2.75, 3.05) is 6.54 Å². The molecule has 1 aliphatic heterocycles. The molecule has 1 saturated heterocycles. The van der Waals surface area contributed by atoms with E-state index in [1.54, 1.807) is 6.07 Å². The third-order valence-electron chi connectivity index (χ3n) is 2.63. The highest BCUT2D eigenvalue weighted by molar-refractivity contribution is 9.10. The highest BCUT2D eigenvalue weighted by Gasteiger charge is 2.20. The molecule has 1 fully saturated rings. The summed E-state index contributed by atoms with van der Waals surface area (Å²) in [5.74, 6) is 0.336. The lowest BCUT2D eigenvalue weighted by molar-refractivity contribution is -0.119. The maximum absolute atomic E-state index is 11.0. The van der Waals surface area contributed by atoms with E-state index in [2.05, 4.69) is 26.6 Å². The first-order chi connectivity index (χ1) is 7.66. The number of phenols is 1. The van der Waals surface area contributed by atoms with Crippen LogP contribution in [0.2, 0.25) is 0 Å². The van der Waals surface area contributed by atoms with Gasteiger partial charge in [-0.25, -0.2) is 0 Å². The molecular formula is C11H13BrN2O2. The van der Waals surface area contributed by atoms with Crippen molar-refractivity contribution in [1.82, 2.24) is 10.6 Å². The first-order valence-corrected chi connectivity index (χ1v) is 5.92. The van der Waals surface area contributed by atoms with E-state index in [1.807, 2.05) is 12.1 Å². The molecule has 0 aromatic heterocycles. The zero-order valence-electron chi connectivity index (χ0n) is 8.66. The number of hydrogen-bond acceptors (Lipinski definition) is 3. The van der Waals surface area contributed by atoms with Crippen LogP contribution >= 0.6 is 15.9 Å². The van der Waals surface area contributed by atoms with Gasteiger partial charge in [-0.3, -0.25) is 4.79 Å². The van der Waals surface area contributed by atoms with Gasteiger partial charge in [0.1, 0.15) is 5.75 Å². The second-order valence-corrected chi connectivity index (χ2v) is 4.69. The molecule has 3 N–H and O–H groups in total. The predicted molar refractivity (Wildman–Crippen MR) is 64.1 cm³/mol. The van der Waals surface area contributed by atoms with E-state index in [-0.39, 0.29) is 17.7 Å². The zero-order chi connectivity index (χ0) is 11.5. The standard InChI is InChI=1S/C11H13BrN2O2/c12-9-3-1-2-7(11(9)16)5-13-8-4-10(15)14-6-8/h1-3,8,13,16H,4-6H2,(H,14,15). The van der Waals surface area contributed by atoms with Gasteiger partial charge in [-0.1, -0.05) is 12.1 Å². The normalized spacial score (nSPS) is 19.8. The third kappa shape index (κ3) is 2.54. The molecule has 5 heteroatoms. The van der Waals surface area contributed by atoms with Crippen LogP contribution < -0.4 is 10.6 Å². The quantitative estimate of drug-likeness (QED) is 0.780. The number of hydrogen-bond donors (Lipinski definition) is 3. The lowest BCUT2D eigenvalue weighted by Crippen LogP contribution is -2.30. The highest BCUT2D eigenvalue weighted by atomic mass is 79.9. The van der Waals surface area contributed by atoms with E-state index in [0.29, 0.717) is 24.0 Å². The Labute approximate surface area is 102 Å². The van der Waals surface area contributed by atoms with E-state index in [1.165, 1.54) is 0 Å². The summed E-state index contributed by atoms with van der Waals surface area (Å²) in [7, 11) is 0. The summed E-state index contributed by atoms with van der Waals surface area (Å²) in [6.45, 7) is 1.22. The molecule has 0 bridgehead atoms. The molecule has 1 amide bonds. The molecule has 1 aromatic carbocycles. The number of carbonyl (C=O) groups excluding carboxylic acids is 1. The Bertz CT molecular complexity index is 409. The number of benzene rings is 1. The summed E-state index contributed by atoms with van der Waals surface area (Å²) in [4.78, 5) is 11.0.